The highest BCUT2D eigenvalue weighted by molar-refractivity contribution is 6.00. The molecule has 2 aromatic carbocycles. The number of allylic oxidation sites excluding steroid dienone is 2. The van der Waals surface area contributed by atoms with Crippen LogP contribution < -0.4 is 0 Å². The Kier molecular flexibility index (Phi) is 6.25. The molecule has 0 saturated heterocycles. The molecule has 0 bridgehead atoms. The van der Waals surface area contributed by atoms with Crippen LogP contribution in [0.1, 0.15) is 30.5 Å². The van der Waals surface area contributed by atoms with Crippen molar-refractivity contribution in [1.82, 2.24) is 0 Å². The van der Waals surface area contributed by atoms with E-state index < -0.39 is 0 Å². The van der Waals surface area contributed by atoms with E-state index in [9.17, 15) is 0 Å². The molecule has 1 aliphatic rings. The van der Waals surface area contributed by atoms with Gasteiger partial charge in [-0.1, -0.05) is 75.0 Å². The first kappa shape index (κ1) is 15.7. The van der Waals surface area contributed by atoms with Gasteiger partial charge in [-0.3, -0.25) is 0 Å². The fraction of sp³-hybridized carbons (Fsp3) is 0.100. The van der Waals surface area contributed by atoms with Crippen LogP contribution in [0.2, 0.25) is 0 Å². The molecular weight excluding hydrogens is 240 g/mol. The zero-order chi connectivity index (χ0) is 15.0. The Morgan fingerprint density at radius 1 is 0.700 bits per heavy atom. The minimum Gasteiger partial charge on any atom is -0.106 e. The van der Waals surface area contributed by atoms with Gasteiger partial charge in [0, 0.05) is 0 Å². The second-order valence-electron chi connectivity index (χ2n) is 3.99. The molecular formula is C20H22. The van der Waals surface area contributed by atoms with Crippen molar-refractivity contribution in [2.24, 2.45) is 0 Å². The van der Waals surface area contributed by atoms with Crippen LogP contribution >= 0.6 is 0 Å². The van der Waals surface area contributed by atoms with E-state index in [1.165, 1.54) is 22.3 Å². The molecule has 1 aliphatic carbocycles. The van der Waals surface area contributed by atoms with Crippen molar-refractivity contribution in [3.63, 3.8) is 0 Å². The zero-order valence-corrected chi connectivity index (χ0v) is 12.4. The lowest BCUT2D eigenvalue weighted by atomic mass is 9.99. The van der Waals surface area contributed by atoms with Crippen LogP contribution in [0.5, 0.6) is 0 Å². The minimum absolute atomic E-state index is 1.11. The Balaban J connectivity index is 0.000000461. The number of rotatable bonds is 1. The van der Waals surface area contributed by atoms with E-state index in [2.05, 4.69) is 74.3 Å². The van der Waals surface area contributed by atoms with Crippen molar-refractivity contribution in [1.29, 1.82) is 0 Å². The van der Waals surface area contributed by atoms with Crippen molar-refractivity contribution in [2.75, 3.05) is 0 Å². The predicted molar refractivity (Wildman–Crippen MR) is 91.6 cm³/mol. The third-order valence-electron chi connectivity index (χ3n) is 2.97. The molecule has 0 nitrogen and oxygen atoms in total. The summed E-state index contributed by atoms with van der Waals surface area (Å²) in [5.41, 5.74) is 6.18. The molecule has 2 aromatic rings. The van der Waals surface area contributed by atoms with Crippen LogP contribution in [0.15, 0.2) is 80.4 Å². The molecule has 20 heavy (non-hydrogen) atoms. The van der Waals surface area contributed by atoms with Gasteiger partial charge in [-0.05, 0) is 33.9 Å². The fourth-order valence-electron chi connectivity index (χ4n) is 2.18. The van der Waals surface area contributed by atoms with Gasteiger partial charge in [0.15, 0.2) is 0 Å². The molecule has 0 spiro atoms. The van der Waals surface area contributed by atoms with Crippen LogP contribution in [-0.4, -0.2) is 0 Å². The highest BCUT2D eigenvalue weighted by atomic mass is 14.2. The van der Waals surface area contributed by atoms with Crippen molar-refractivity contribution < 1.29 is 0 Å². The van der Waals surface area contributed by atoms with E-state index >= 15 is 0 Å². The van der Waals surface area contributed by atoms with E-state index in [0.717, 1.165) is 5.57 Å². The second-order valence-corrected chi connectivity index (χ2v) is 3.99. The standard InChI is InChI=1S/C16H12.C2H6.C2H4/c1-12-11-16(13-7-3-2-4-8-13)15-10-6-5-9-14(12)15;2*1-2/h2-11H,1H2;1-2H3;1-2H2. The summed E-state index contributed by atoms with van der Waals surface area (Å²) in [7, 11) is 0. The molecule has 0 amide bonds. The molecule has 0 saturated carbocycles. The van der Waals surface area contributed by atoms with E-state index in [1.54, 1.807) is 0 Å². The van der Waals surface area contributed by atoms with Gasteiger partial charge in [-0.25, -0.2) is 0 Å². The smallest absolute Gasteiger partial charge is 0.00992 e. The van der Waals surface area contributed by atoms with Crippen LogP contribution in [0, 0.1) is 0 Å². The first-order valence-electron chi connectivity index (χ1n) is 6.92. The Morgan fingerprint density at radius 2 is 1.20 bits per heavy atom. The normalized spacial score (nSPS) is 11.3. The summed E-state index contributed by atoms with van der Waals surface area (Å²) >= 11 is 0. The molecule has 0 aliphatic heterocycles. The van der Waals surface area contributed by atoms with Crippen LogP contribution in [0.3, 0.4) is 0 Å². The Hall–Kier alpha value is -2.34. The summed E-state index contributed by atoms with van der Waals surface area (Å²) in [6.07, 6.45) is 2.17. The quantitative estimate of drug-likeness (QED) is 0.555. The van der Waals surface area contributed by atoms with Gasteiger partial charge in [-0.2, -0.15) is 0 Å². The molecule has 0 heteroatoms. The van der Waals surface area contributed by atoms with E-state index in [-0.39, 0.29) is 0 Å². The van der Waals surface area contributed by atoms with Gasteiger partial charge < -0.3 is 0 Å². The lowest BCUT2D eigenvalue weighted by Crippen LogP contribution is -1.85. The summed E-state index contributed by atoms with van der Waals surface area (Å²) in [4.78, 5) is 0. The highest BCUT2D eigenvalue weighted by Gasteiger charge is 2.16. The third kappa shape index (κ3) is 3.16. The monoisotopic (exact) mass is 262 g/mol. The maximum atomic E-state index is 4.09. The Bertz CT molecular complexity index is 588. The van der Waals surface area contributed by atoms with Gasteiger partial charge in [0.2, 0.25) is 0 Å². The van der Waals surface area contributed by atoms with Crippen LogP contribution in [-0.2, 0) is 0 Å². The largest absolute Gasteiger partial charge is 0.106 e. The van der Waals surface area contributed by atoms with E-state index in [4.69, 9.17) is 0 Å². The first-order chi connectivity index (χ1) is 9.86. The number of hydrogen-bond acceptors (Lipinski definition) is 0. The van der Waals surface area contributed by atoms with Gasteiger partial charge in [-0.15, -0.1) is 13.2 Å². The molecule has 0 radical (unpaired) electrons. The summed E-state index contributed by atoms with van der Waals surface area (Å²) in [5.74, 6) is 0. The van der Waals surface area contributed by atoms with Crippen LogP contribution in [0.25, 0.3) is 11.1 Å². The minimum atomic E-state index is 1.11. The zero-order valence-electron chi connectivity index (χ0n) is 12.4. The molecule has 0 N–H and O–H groups in total. The van der Waals surface area contributed by atoms with Crippen molar-refractivity contribution >= 4 is 11.1 Å². The fourth-order valence-corrected chi connectivity index (χ4v) is 2.18. The summed E-state index contributed by atoms with van der Waals surface area (Å²) < 4.78 is 0. The van der Waals surface area contributed by atoms with Gasteiger partial charge in [0.25, 0.3) is 0 Å². The van der Waals surface area contributed by atoms with Gasteiger partial charge in [0.1, 0.15) is 0 Å². The van der Waals surface area contributed by atoms with Crippen molar-refractivity contribution in [3.05, 3.63) is 97.1 Å². The Morgan fingerprint density at radius 3 is 1.80 bits per heavy atom. The van der Waals surface area contributed by atoms with Gasteiger partial charge in [0.05, 0.1) is 0 Å². The average Bonchev–Trinajstić information content (AvgIpc) is 2.90. The summed E-state index contributed by atoms with van der Waals surface area (Å²) in [6.45, 7) is 14.1. The maximum Gasteiger partial charge on any atom is -0.00992 e. The lowest BCUT2D eigenvalue weighted by Gasteiger charge is -2.04. The molecule has 3 rings (SSSR count). The molecule has 0 fully saturated rings. The van der Waals surface area contributed by atoms with Crippen molar-refractivity contribution in [3.8, 4) is 0 Å². The topological polar surface area (TPSA) is 0 Å². The number of benzene rings is 2. The van der Waals surface area contributed by atoms with E-state index in [0.29, 0.717) is 0 Å². The summed E-state index contributed by atoms with van der Waals surface area (Å²) in [6, 6.07) is 18.9. The van der Waals surface area contributed by atoms with Gasteiger partial charge >= 0.3 is 0 Å². The summed E-state index contributed by atoms with van der Waals surface area (Å²) in [5, 5.41) is 0. The third-order valence-corrected chi connectivity index (χ3v) is 2.97. The first-order valence-corrected chi connectivity index (χ1v) is 6.92. The number of hydrogen-bond donors (Lipinski definition) is 0. The van der Waals surface area contributed by atoms with E-state index in [1.807, 2.05) is 19.9 Å². The van der Waals surface area contributed by atoms with Crippen molar-refractivity contribution in [2.45, 2.75) is 13.8 Å². The van der Waals surface area contributed by atoms with Crippen LogP contribution in [0.4, 0.5) is 0 Å². The molecule has 0 atom stereocenters. The maximum absolute atomic E-state index is 4.09. The predicted octanol–water partition coefficient (Wildman–Crippen LogP) is 5.97. The number of fused-ring (bicyclic) bond motifs is 1. The molecule has 0 heterocycles. The highest BCUT2D eigenvalue weighted by Crippen LogP contribution is 2.37. The average molecular weight is 262 g/mol. The Labute approximate surface area is 122 Å². The second kappa shape index (κ2) is 7.96. The molecule has 102 valence electrons. The SMILES string of the molecule is C=C.C=C1C=C(c2ccccc2)c2ccccc21.CC. The lowest BCUT2D eigenvalue weighted by molar-refractivity contribution is 1.50. The molecule has 0 aromatic heterocycles. The molecule has 0 unspecified atom stereocenters.